The van der Waals surface area contributed by atoms with E-state index in [0.29, 0.717) is 0 Å². The van der Waals surface area contributed by atoms with Crippen molar-refractivity contribution >= 4 is 0 Å². The molecule has 0 aromatic carbocycles. The van der Waals surface area contributed by atoms with Gasteiger partial charge in [-0.3, -0.25) is 4.74 Å². The Kier molecular flexibility index (Phi) is 2.91. The Morgan fingerprint density at radius 1 is 1.40 bits per heavy atom. The van der Waals surface area contributed by atoms with Gasteiger partial charge in [0, 0.05) is 0 Å². The number of ether oxygens (including phenoxy) is 1. The van der Waals surface area contributed by atoms with Gasteiger partial charge in [-0.15, -0.1) is 13.2 Å². The second-order valence-corrected chi connectivity index (χ2v) is 3.51. The van der Waals surface area contributed by atoms with Crippen LogP contribution in [-0.2, 0) is 4.74 Å². The minimum atomic E-state index is -5.07. The molecule has 0 heterocycles. The lowest BCUT2D eigenvalue weighted by Gasteiger charge is -2.30. The van der Waals surface area contributed by atoms with E-state index in [1.165, 1.54) is 6.92 Å². The molecule has 0 N–H and O–H groups in total. The van der Waals surface area contributed by atoms with Crippen molar-refractivity contribution in [3.8, 4) is 0 Å². The van der Waals surface area contributed by atoms with Crippen LogP contribution in [-0.4, -0.2) is 18.1 Å². The molecule has 86 valence electrons. The predicted molar refractivity (Wildman–Crippen MR) is 43.4 cm³/mol. The fraction of sp³-hybridized carbons (Fsp3) is 0.556. The van der Waals surface area contributed by atoms with E-state index in [2.05, 4.69) is 4.74 Å². The molecular weight excluding hydrogens is 219 g/mol. The highest BCUT2D eigenvalue weighted by Crippen LogP contribution is 2.36. The first-order valence-electron chi connectivity index (χ1n) is 4.12. The number of allylic oxidation sites excluding steroid dienone is 2. The van der Waals surface area contributed by atoms with Gasteiger partial charge in [-0.25, -0.2) is 8.78 Å². The van der Waals surface area contributed by atoms with Crippen molar-refractivity contribution in [3.05, 3.63) is 23.6 Å². The first-order valence-corrected chi connectivity index (χ1v) is 4.12. The molecule has 0 aliphatic heterocycles. The van der Waals surface area contributed by atoms with E-state index in [9.17, 15) is 22.0 Å². The Labute approximate surface area is 83.2 Å². The van der Waals surface area contributed by atoms with Crippen molar-refractivity contribution < 1.29 is 26.7 Å². The number of hydrogen-bond donors (Lipinski definition) is 0. The molecule has 0 saturated carbocycles. The Morgan fingerprint density at radius 3 is 2.33 bits per heavy atom. The first-order chi connectivity index (χ1) is 6.62. The molecule has 2 atom stereocenters. The summed E-state index contributed by atoms with van der Waals surface area (Å²) in [6.07, 6.45) is -5.62. The second kappa shape index (κ2) is 3.59. The van der Waals surface area contributed by atoms with Crippen LogP contribution in [0.2, 0.25) is 0 Å². The van der Waals surface area contributed by atoms with Crippen LogP contribution < -0.4 is 0 Å². The Hall–Kier alpha value is -0.910. The number of rotatable bonds is 1. The van der Waals surface area contributed by atoms with Crippen LogP contribution in [0, 0.1) is 0 Å². The molecule has 0 bridgehead atoms. The zero-order chi connectivity index (χ0) is 11.9. The zero-order valence-electron chi connectivity index (χ0n) is 8.03. The van der Waals surface area contributed by atoms with Gasteiger partial charge < -0.3 is 0 Å². The Balaban J connectivity index is 2.95. The van der Waals surface area contributed by atoms with Gasteiger partial charge in [-0.2, -0.15) is 0 Å². The zero-order valence-corrected chi connectivity index (χ0v) is 8.03. The molecule has 1 aliphatic rings. The molecule has 0 radical (unpaired) electrons. The largest absolute Gasteiger partial charge is 0.523 e. The van der Waals surface area contributed by atoms with Crippen LogP contribution in [0.1, 0.15) is 13.8 Å². The average molecular weight is 228 g/mol. The number of alkyl halides is 4. The van der Waals surface area contributed by atoms with E-state index in [1.54, 1.807) is 0 Å². The van der Waals surface area contributed by atoms with E-state index >= 15 is 0 Å². The highest BCUT2D eigenvalue weighted by molar-refractivity contribution is 5.32. The lowest BCUT2D eigenvalue weighted by molar-refractivity contribution is -0.348. The molecular formula is C9H9F5O. The van der Waals surface area contributed by atoms with Crippen molar-refractivity contribution in [3.63, 3.8) is 0 Å². The lowest BCUT2D eigenvalue weighted by atomic mass is 9.92. The molecule has 0 amide bonds. The fourth-order valence-corrected chi connectivity index (χ4v) is 1.43. The fourth-order valence-electron chi connectivity index (χ4n) is 1.43. The molecule has 0 spiro atoms. The van der Waals surface area contributed by atoms with Crippen LogP contribution in [0.25, 0.3) is 0 Å². The predicted octanol–water partition coefficient (Wildman–Crippen LogP) is 3.43. The van der Waals surface area contributed by atoms with Gasteiger partial charge in [0.15, 0.2) is 11.8 Å². The summed E-state index contributed by atoms with van der Waals surface area (Å²) in [4.78, 5) is 0. The molecule has 2 unspecified atom stereocenters. The summed E-state index contributed by atoms with van der Waals surface area (Å²) in [5.41, 5.74) is -2.28. The van der Waals surface area contributed by atoms with Crippen molar-refractivity contribution in [2.24, 2.45) is 0 Å². The maximum Gasteiger partial charge on any atom is 0.523 e. The average Bonchev–Trinajstić information content (AvgIpc) is 1.93. The highest BCUT2D eigenvalue weighted by atomic mass is 19.4. The molecule has 0 fully saturated rings. The third-order valence-electron chi connectivity index (χ3n) is 1.89. The molecule has 1 aliphatic carbocycles. The summed E-state index contributed by atoms with van der Waals surface area (Å²) in [5.74, 6) is -1.27. The first kappa shape index (κ1) is 12.2. The standard InChI is InChI=1S/C9H9F5O/c1-5-3-6(10)7(8(2,11)4-5)15-9(12,13)14/h3-4,7H,1-2H3. The summed E-state index contributed by atoms with van der Waals surface area (Å²) >= 11 is 0. The van der Waals surface area contributed by atoms with E-state index in [1.807, 2.05) is 0 Å². The summed E-state index contributed by atoms with van der Waals surface area (Å²) in [6.45, 7) is 2.22. The maximum atomic E-state index is 13.6. The van der Waals surface area contributed by atoms with E-state index in [-0.39, 0.29) is 5.57 Å². The topological polar surface area (TPSA) is 9.23 Å². The molecule has 15 heavy (non-hydrogen) atoms. The minimum absolute atomic E-state index is 0.222. The molecule has 0 saturated heterocycles. The van der Waals surface area contributed by atoms with Gasteiger partial charge in [0.1, 0.15) is 5.83 Å². The Bertz CT molecular complexity index is 313. The summed E-state index contributed by atoms with van der Waals surface area (Å²) in [7, 11) is 0. The van der Waals surface area contributed by atoms with Gasteiger partial charge in [0.2, 0.25) is 0 Å². The van der Waals surface area contributed by atoms with Gasteiger partial charge in [0.25, 0.3) is 0 Å². The van der Waals surface area contributed by atoms with E-state index < -0.39 is 24.0 Å². The number of hydrogen-bond acceptors (Lipinski definition) is 1. The molecule has 1 rings (SSSR count). The molecule has 6 heteroatoms. The summed E-state index contributed by atoms with van der Waals surface area (Å²) in [5, 5.41) is 0. The van der Waals surface area contributed by atoms with E-state index in [4.69, 9.17) is 0 Å². The SMILES string of the molecule is CC1=CC(C)(F)C(OC(F)(F)F)C(F)=C1. The summed E-state index contributed by atoms with van der Waals surface area (Å²) < 4.78 is 65.6. The van der Waals surface area contributed by atoms with Crippen LogP contribution >= 0.6 is 0 Å². The maximum absolute atomic E-state index is 13.6. The quantitative estimate of drug-likeness (QED) is 0.625. The summed E-state index contributed by atoms with van der Waals surface area (Å²) in [6, 6.07) is 0. The van der Waals surface area contributed by atoms with Gasteiger partial charge >= 0.3 is 6.36 Å². The highest BCUT2D eigenvalue weighted by Gasteiger charge is 2.46. The monoisotopic (exact) mass is 228 g/mol. The van der Waals surface area contributed by atoms with Crippen LogP contribution in [0.3, 0.4) is 0 Å². The molecule has 1 nitrogen and oxygen atoms in total. The van der Waals surface area contributed by atoms with Crippen LogP contribution in [0.4, 0.5) is 22.0 Å². The normalized spacial score (nSPS) is 32.3. The third kappa shape index (κ3) is 3.02. The van der Waals surface area contributed by atoms with Gasteiger partial charge in [-0.1, -0.05) is 0 Å². The van der Waals surface area contributed by atoms with Gasteiger partial charge in [0.05, 0.1) is 0 Å². The van der Waals surface area contributed by atoms with Gasteiger partial charge in [-0.05, 0) is 31.6 Å². The van der Waals surface area contributed by atoms with E-state index in [0.717, 1.165) is 19.1 Å². The lowest BCUT2D eigenvalue weighted by Crippen LogP contribution is -2.41. The van der Waals surface area contributed by atoms with Crippen molar-refractivity contribution in [1.29, 1.82) is 0 Å². The second-order valence-electron chi connectivity index (χ2n) is 3.51. The van der Waals surface area contributed by atoms with Crippen molar-refractivity contribution in [1.82, 2.24) is 0 Å². The third-order valence-corrected chi connectivity index (χ3v) is 1.89. The van der Waals surface area contributed by atoms with Crippen molar-refractivity contribution in [2.45, 2.75) is 32.0 Å². The smallest absolute Gasteiger partial charge is 0.277 e. The molecule has 0 aromatic rings. The number of halogens is 5. The van der Waals surface area contributed by atoms with Crippen LogP contribution in [0.5, 0.6) is 0 Å². The van der Waals surface area contributed by atoms with Crippen molar-refractivity contribution in [2.75, 3.05) is 0 Å². The minimum Gasteiger partial charge on any atom is -0.277 e. The molecule has 0 aromatic heterocycles. The van der Waals surface area contributed by atoms with Crippen LogP contribution in [0.15, 0.2) is 23.6 Å². The Morgan fingerprint density at radius 2 is 1.93 bits per heavy atom.